The van der Waals surface area contributed by atoms with E-state index in [9.17, 15) is 8.42 Å². The summed E-state index contributed by atoms with van der Waals surface area (Å²) in [5, 5.41) is 4.12. The first-order valence-corrected chi connectivity index (χ1v) is 11.1. The summed E-state index contributed by atoms with van der Waals surface area (Å²) < 4.78 is 27.3. The molecule has 1 aliphatic rings. The molecule has 1 fully saturated rings. The van der Waals surface area contributed by atoms with Crippen LogP contribution < -0.4 is 11.1 Å². The van der Waals surface area contributed by atoms with E-state index in [0.717, 1.165) is 19.3 Å². The maximum Gasteiger partial charge on any atom is 0.269 e. The third-order valence-electron chi connectivity index (χ3n) is 5.67. The largest absolute Gasteiger partial charge is 0.390 e. The van der Waals surface area contributed by atoms with Gasteiger partial charge in [0.1, 0.15) is 0 Å². The van der Waals surface area contributed by atoms with Crippen LogP contribution in [-0.4, -0.2) is 29.5 Å². The Hall–Kier alpha value is -2.89. The Morgan fingerprint density at radius 2 is 2.03 bits per heavy atom. The quantitative estimate of drug-likeness (QED) is 0.626. The van der Waals surface area contributed by atoms with Crippen LogP contribution in [0.5, 0.6) is 0 Å². The number of anilines is 1. The molecule has 150 valence electrons. The molecule has 3 atom stereocenters. The lowest BCUT2D eigenvalue weighted by molar-refractivity contribution is 0.485. The second-order valence-electron chi connectivity index (χ2n) is 7.45. The highest BCUT2D eigenvalue weighted by molar-refractivity contribution is 7.90. The molecule has 0 amide bonds. The molecule has 3 aromatic rings. The first kappa shape index (κ1) is 19.4. The number of nitrogens with two attached hydrogens (primary N) is 1. The van der Waals surface area contributed by atoms with Crippen LogP contribution in [0.3, 0.4) is 0 Å². The molecule has 0 aliphatic heterocycles. The van der Waals surface area contributed by atoms with Crippen molar-refractivity contribution in [1.82, 2.24) is 8.96 Å². The molecule has 0 radical (unpaired) electrons. The van der Waals surface area contributed by atoms with Crippen LogP contribution in [0.4, 0.5) is 11.4 Å². The average Bonchev–Trinajstić information content (AvgIpc) is 3.32. The zero-order valence-corrected chi connectivity index (χ0v) is 16.9. The number of nitrogens with one attached hydrogen (secondary N) is 1. The van der Waals surface area contributed by atoms with Gasteiger partial charge in [0.2, 0.25) is 5.69 Å². The Kier molecular flexibility index (Phi) is 5.03. The topological polar surface area (TPSA) is 94.4 Å². The van der Waals surface area contributed by atoms with Crippen molar-refractivity contribution in [2.45, 2.75) is 43.2 Å². The molecule has 29 heavy (non-hydrogen) atoms. The Morgan fingerprint density at radius 3 is 2.72 bits per heavy atom. The first-order chi connectivity index (χ1) is 14.0. The van der Waals surface area contributed by atoms with Gasteiger partial charge in [-0.05, 0) is 37.0 Å². The van der Waals surface area contributed by atoms with Crippen molar-refractivity contribution in [3.05, 3.63) is 60.2 Å². The van der Waals surface area contributed by atoms with Crippen molar-refractivity contribution in [2.24, 2.45) is 11.7 Å². The summed E-state index contributed by atoms with van der Waals surface area (Å²) >= 11 is 0. The lowest BCUT2D eigenvalue weighted by Gasteiger charge is -2.22. The molecule has 2 heterocycles. The molecule has 0 saturated heterocycles. The Labute approximate surface area is 170 Å². The van der Waals surface area contributed by atoms with Gasteiger partial charge in [-0.15, -0.1) is 0 Å². The summed E-state index contributed by atoms with van der Waals surface area (Å²) in [7, 11) is -3.78. The Balaban J connectivity index is 1.81. The van der Waals surface area contributed by atoms with E-state index in [1.54, 1.807) is 36.4 Å². The second kappa shape index (κ2) is 7.50. The smallest absolute Gasteiger partial charge is 0.269 e. The summed E-state index contributed by atoms with van der Waals surface area (Å²) in [6.45, 7) is 9.67. The van der Waals surface area contributed by atoms with Crippen molar-refractivity contribution in [2.75, 3.05) is 5.32 Å². The minimum atomic E-state index is -3.78. The van der Waals surface area contributed by atoms with E-state index in [2.05, 4.69) is 22.1 Å². The molecule has 0 spiro atoms. The maximum absolute atomic E-state index is 13.1. The van der Waals surface area contributed by atoms with E-state index in [4.69, 9.17) is 12.3 Å². The van der Waals surface area contributed by atoms with Crippen LogP contribution in [0.2, 0.25) is 0 Å². The average molecular weight is 410 g/mol. The molecule has 2 aromatic heterocycles. The van der Waals surface area contributed by atoms with Crippen LogP contribution in [-0.2, 0) is 10.0 Å². The van der Waals surface area contributed by atoms with Gasteiger partial charge in [-0.2, -0.15) is 0 Å². The van der Waals surface area contributed by atoms with Gasteiger partial charge in [-0.25, -0.2) is 22.2 Å². The third-order valence-corrected chi connectivity index (χ3v) is 7.35. The van der Waals surface area contributed by atoms with Crippen molar-refractivity contribution in [1.29, 1.82) is 0 Å². The fourth-order valence-corrected chi connectivity index (χ4v) is 5.49. The minimum absolute atomic E-state index is 0.134. The van der Waals surface area contributed by atoms with Gasteiger partial charge in [0, 0.05) is 29.9 Å². The van der Waals surface area contributed by atoms with E-state index in [-0.39, 0.29) is 17.0 Å². The van der Waals surface area contributed by atoms with Crippen molar-refractivity contribution in [3.63, 3.8) is 0 Å². The highest BCUT2D eigenvalue weighted by atomic mass is 32.2. The molecule has 1 saturated carbocycles. The van der Waals surface area contributed by atoms with Crippen LogP contribution >= 0.6 is 0 Å². The van der Waals surface area contributed by atoms with E-state index in [1.165, 1.54) is 16.4 Å². The van der Waals surface area contributed by atoms with E-state index in [1.807, 2.05) is 0 Å². The predicted molar refractivity (Wildman–Crippen MR) is 113 cm³/mol. The normalized spacial score (nSPS) is 21.9. The molecule has 7 nitrogen and oxygen atoms in total. The number of hydrogen-bond acceptors (Lipinski definition) is 5. The van der Waals surface area contributed by atoms with Crippen molar-refractivity contribution < 1.29 is 8.42 Å². The highest BCUT2D eigenvalue weighted by Gasteiger charge is 2.32. The maximum atomic E-state index is 13.1. The number of rotatable bonds is 5. The number of nitrogens with zero attached hydrogens (tertiary/aromatic N) is 3. The van der Waals surface area contributed by atoms with Gasteiger partial charge in [0.25, 0.3) is 10.0 Å². The second-order valence-corrected chi connectivity index (χ2v) is 9.26. The minimum Gasteiger partial charge on any atom is -0.390 e. The zero-order chi connectivity index (χ0) is 20.6. The van der Waals surface area contributed by atoms with Crippen LogP contribution in [0, 0.1) is 12.5 Å². The first-order valence-electron chi connectivity index (χ1n) is 9.66. The Bertz CT molecular complexity index is 1180. The molecule has 1 unspecified atom stereocenters. The molecular formula is C21H23N5O2S. The van der Waals surface area contributed by atoms with Gasteiger partial charge in [-0.1, -0.05) is 31.5 Å². The summed E-state index contributed by atoms with van der Waals surface area (Å²) in [4.78, 5) is 8.09. The van der Waals surface area contributed by atoms with Crippen LogP contribution in [0.25, 0.3) is 15.9 Å². The standard InChI is InChI=1S/C21H23N5O2S/c1-3-14-11-15(22)12-18(14)25-20-17-9-10-26(21(17)24-13-19(20)23-2)29(27,28)16-7-5-4-6-8-16/h4-10,13-15,18H,3,11-12,22H2,1H3,(H,24,25)/t14-,15?,18+/m1/s1. The highest BCUT2D eigenvalue weighted by Crippen LogP contribution is 2.38. The van der Waals surface area contributed by atoms with E-state index in [0.29, 0.717) is 28.3 Å². The number of hydrogen-bond donors (Lipinski definition) is 2. The van der Waals surface area contributed by atoms with Gasteiger partial charge in [0.15, 0.2) is 5.65 Å². The molecule has 4 rings (SSSR count). The molecular weight excluding hydrogens is 386 g/mol. The predicted octanol–water partition coefficient (Wildman–Crippen LogP) is 3.75. The molecule has 0 bridgehead atoms. The van der Waals surface area contributed by atoms with Crippen LogP contribution in [0.15, 0.2) is 53.7 Å². The van der Waals surface area contributed by atoms with Gasteiger partial charge in [0.05, 0.1) is 17.2 Å². The lowest BCUT2D eigenvalue weighted by atomic mass is 10.00. The molecule has 8 heteroatoms. The van der Waals surface area contributed by atoms with Gasteiger partial charge < -0.3 is 11.1 Å². The number of aromatic nitrogens is 2. The SMILES string of the molecule is [C-]#[N+]c1cnc2c(ccn2S(=O)(=O)c2ccccc2)c1N[C@H]1CC(N)C[C@H]1CC. The van der Waals surface area contributed by atoms with Gasteiger partial charge >= 0.3 is 0 Å². The Morgan fingerprint density at radius 1 is 1.28 bits per heavy atom. The summed E-state index contributed by atoms with van der Waals surface area (Å²) in [6, 6.07) is 10.2. The lowest BCUT2D eigenvalue weighted by Crippen LogP contribution is -2.24. The fraction of sp³-hybridized carbons (Fsp3) is 0.333. The van der Waals surface area contributed by atoms with Gasteiger partial charge in [-0.3, -0.25) is 0 Å². The summed E-state index contributed by atoms with van der Waals surface area (Å²) in [5.41, 5.74) is 7.47. The van der Waals surface area contributed by atoms with Crippen LogP contribution in [0.1, 0.15) is 26.2 Å². The van der Waals surface area contributed by atoms with Crippen molar-refractivity contribution >= 4 is 32.4 Å². The monoisotopic (exact) mass is 409 g/mol. The number of pyridine rings is 1. The molecule has 1 aliphatic carbocycles. The number of fused-ring (bicyclic) bond motifs is 1. The molecule has 1 aromatic carbocycles. The number of benzene rings is 1. The third kappa shape index (κ3) is 3.37. The summed E-state index contributed by atoms with van der Waals surface area (Å²) in [5.74, 6) is 0.418. The fourth-order valence-electron chi connectivity index (χ4n) is 4.17. The van der Waals surface area contributed by atoms with E-state index >= 15 is 0 Å². The zero-order valence-electron chi connectivity index (χ0n) is 16.1. The molecule has 3 N–H and O–H groups in total. The van der Waals surface area contributed by atoms with Crippen molar-refractivity contribution in [3.8, 4) is 0 Å². The van der Waals surface area contributed by atoms with E-state index < -0.39 is 10.0 Å². The summed E-state index contributed by atoms with van der Waals surface area (Å²) in [6.07, 6.45) is 5.69.